The number of benzene rings is 2. The Morgan fingerprint density at radius 1 is 1.19 bits per heavy atom. The van der Waals surface area contributed by atoms with Gasteiger partial charge in [-0.2, -0.15) is 0 Å². The minimum absolute atomic E-state index is 0.0183. The summed E-state index contributed by atoms with van der Waals surface area (Å²) in [5.41, 5.74) is 3.61. The molecule has 3 rings (SSSR count). The van der Waals surface area contributed by atoms with E-state index in [1.165, 1.54) is 0 Å². The smallest absolute Gasteiger partial charge is 0.319 e. The van der Waals surface area contributed by atoms with Crippen LogP contribution in [0.4, 0.5) is 16.2 Å². The predicted octanol–water partition coefficient (Wildman–Crippen LogP) is 3.24. The minimum atomic E-state index is -0.302. The number of methoxy groups -OCH3 is 1. The molecule has 2 N–H and O–H groups in total. The van der Waals surface area contributed by atoms with Crippen LogP contribution in [0.25, 0.3) is 0 Å². The van der Waals surface area contributed by atoms with Crippen LogP contribution in [0.1, 0.15) is 17.5 Å². The molecule has 136 valence electrons. The Hall–Kier alpha value is -3.02. The van der Waals surface area contributed by atoms with Crippen molar-refractivity contribution in [2.24, 2.45) is 0 Å². The van der Waals surface area contributed by atoms with E-state index in [4.69, 9.17) is 4.74 Å². The van der Waals surface area contributed by atoms with E-state index in [0.29, 0.717) is 12.3 Å². The number of hydrogen-bond donors (Lipinski definition) is 2. The van der Waals surface area contributed by atoms with Crippen molar-refractivity contribution in [3.8, 4) is 5.75 Å². The molecule has 1 heterocycles. The first-order chi connectivity index (χ1) is 12.5. The molecule has 3 amide bonds. The first kappa shape index (κ1) is 17.8. The monoisotopic (exact) mass is 353 g/mol. The van der Waals surface area contributed by atoms with Crippen molar-refractivity contribution < 1.29 is 14.3 Å². The van der Waals surface area contributed by atoms with Gasteiger partial charge in [0, 0.05) is 30.4 Å². The Morgan fingerprint density at radius 2 is 2.00 bits per heavy atom. The van der Waals surface area contributed by atoms with E-state index in [-0.39, 0.29) is 24.4 Å². The molecule has 0 bridgehead atoms. The van der Waals surface area contributed by atoms with E-state index in [2.05, 4.69) is 10.6 Å². The number of amides is 3. The first-order valence-corrected chi connectivity index (χ1v) is 8.55. The van der Waals surface area contributed by atoms with Gasteiger partial charge in [-0.1, -0.05) is 18.2 Å². The Kier molecular flexibility index (Phi) is 5.11. The molecule has 2 aromatic rings. The molecule has 1 aliphatic heterocycles. The fourth-order valence-corrected chi connectivity index (χ4v) is 3.05. The lowest BCUT2D eigenvalue weighted by Crippen LogP contribution is -2.39. The summed E-state index contributed by atoms with van der Waals surface area (Å²) in [6, 6.07) is 12.7. The number of nitrogens with zero attached hydrogens (tertiary/aromatic N) is 1. The summed E-state index contributed by atoms with van der Waals surface area (Å²) in [7, 11) is 1.59. The van der Waals surface area contributed by atoms with Crippen LogP contribution in [0.3, 0.4) is 0 Å². The molecular formula is C20H23N3O3. The summed E-state index contributed by atoms with van der Waals surface area (Å²) >= 11 is 0. The third-order valence-corrected chi connectivity index (χ3v) is 4.47. The molecule has 2 aromatic carbocycles. The average molecular weight is 353 g/mol. The Labute approximate surface area is 153 Å². The molecule has 1 aliphatic rings. The van der Waals surface area contributed by atoms with Crippen LogP contribution in [-0.4, -0.2) is 31.6 Å². The normalized spacial score (nSPS) is 16.5. The van der Waals surface area contributed by atoms with Gasteiger partial charge in [0.25, 0.3) is 0 Å². The third kappa shape index (κ3) is 3.96. The number of carbonyl (C=O) groups excluding carboxylic acids is 2. The number of rotatable bonds is 4. The molecule has 26 heavy (non-hydrogen) atoms. The van der Waals surface area contributed by atoms with E-state index < -0.39 is 0 Å². The zero-order valence-corrected chi connectivity index (χ0v) is 15.2. The molecule has 0 radical (unpaired) electrons. The molecule has 0 aliphatic carbocycles. The van der Waals surface area contributed by atoms with Crippen LogP contribution in [0.2, 0.25) is 0 Å². The van der Waals surface area contributed by atoms with Gasteiger partial charge in [-0.05, 0) is 43.2 Å². The molecule has 0 aromatic heterocycles. The van der Waals surface area contributed by atoms with E-state index in [1.54, 1.807) is 12.0 Å². The third-order valence-electron chi connectivity index (χ3n) is 4.47. The van der Waals surface area contributed by atoms with Gasteiger partial charge in [-0.3, -0.25) is 4.79 Å². The van der Waals surface area contributed by atoms with Crippen molar-refractivity contribution in [3.05, 3.63) is 53.6 Å². The van der Waals surface area contributed by atoms with Crippen molar-refractivity contribution in [1.82, 2.24) is 5.32 Å². The molecule has 1 atom stereocenters. The molecule has 6 nitrogen and oxygen atoms in total. The molecule has 0 spiro atoms. The van der Waals surface area contributed by atoms with Crippen LogP contribution in [0, 0.1) is 13.8 Å². The van der Waals surface area contributed by atoms with Gasteiger partial charge in [0.1, 0.15) is 5.75 Å². The number of aryl methyl sites for hydroxylation is 2. The van der Waals surface area contributed by atoms with Crippen molar-refractivity contribution in [2.75, 3.05) is 23.9 Å². The number of nitrogens with one attached hydrogen (secondary N) is 2. The minimum Gasteiger partial charge on any atom is -0.497 e. The number of carbonyl (C=O) groups is 2. The second-order valence-electron chi connectivity index (χ2n) is 6.52. The molecule has 1 fully saturated rings. The zero-order chi connectivity index (χ0) is 18.7. The fraction of sp³-hybridized carbons (Fsp3) is 0.300. The lowest BCUT2D eigenvalue weighted by atomic mass is 10.1. The fourth-order valence-electron chi connectivity index (χ4n) is 3.05. The molecule has 1 unspecified atom stereocenters. The highest BCUT2D eigenvalue weighted by molar-refractivity contribution is 5.98. The second kappa shape index (κ2) is 7.47. The van der Waals surface area contributed by atoms with Gasteiger partial charge < -0.3 is 20.3 Å². The topological polar surface area (TPSA) is 70.7 Å². The number of urea groups is 1. The largest absolute Gasteiger partial charge is 0.497 e. The second-order valence-corrected chi connectivity index (χ2v) is 6.52. The summed E-state index contributed by atoms with van der Waals surface area (Å²) < 4.78 is 5.21. The van der Waals surface area contributed by atoms with Gasteiger partial charge in [-0.25, -0.2) is 4.79 Å². The maximum absolute atomic E-state index is 12.3. The summed E-state index contributed by atoms with van der Waals surface area (Å²) in [6.45, 7) is 4.36. The van der Waals surface area contributed by atoms with Gasteiger partial charge in [0.2, 0.25) is 5.91 Å². The highest BCUT2D eigenvalue weighted by Crippen LogP contribution is 2.25. The molecule has 6 heteroatoms. The summed E-state index contributed by atoms with van der Waals surface area (Å²) in [5.74, 6) is 0.676. The van der Waals surface area contributed by atoms with Crippen molar-refractivity contribution >= 4 is 23.3 Å². The molecule has 1 saturated heterocycles. The van der Waals surface area contributed by atoms with Crippen LogP contribution in [0.15, 0.2) is 42.5 Å². The standard InChI is InChI=1S/C20H23N3O3/c1-13-7-8-14(2)18(9-13)22-20(25)21-15-10-19(24)23(12-15)16-5-4-6-17(11-16)26-3/h4-9,11,15H,10,12H2,1-3H3,(H2,21,22,25). The lowest BCUT2D eigenvalue weighted by molar-refractivity contribution is -0.117. The summed E-state index contributed by atoms with van der Waals surface area (Å²) in [5, 5.41) is 5.75. The lowest BCUT2D eigenvalue weighted by Gasteiger charge is -2.18. The SMILES string of the molecule is COc1cccc(N2CC(NC(=O)Nc3cc(C)ccc3C)CC2=O)c1. The van der Waals surface area contributed by atoms with E-state index in [0.717, 1.165) is 22.5 Å². The van der Waals surface area contributed by atoms with E-state index >= 15 is 0 Å². The quantitative estimate of drug-likeness (QED) is 0.886. The van der Waals surface area contributed by atoms with E-state index in [9.17, 15) is 9.59 Å². The number of ether oxygens (including phenoxy) is 1. The van der Waals surface area contributed by atoms with Crippen LogP contribution in [-0.2, 0) is 4.79 Å². The zero-order valence-electron chi connectivity index (χ0n) is 15.2. The van der Waals surface area contributed by atoms with Gasteiger partial charge in [0.05, 0.1) is 13.2 Å². The van der Waals surface area contributed by atoms with Crippen molar-refractivity contribution in [2.45, 2.75) is 26.3 Å². The summed E-state index contributed by atoms with van der Waals surface area (Å²) in [6.07, 6.45) is 0.275. The Bertz CT molecular complexity index is 835. The van der Waals surface area contributed by atoms with Gasteiger partial charge in [0.15, 0.2) is 0 Å². The summed E-state index contributed by atoms with van der Waals surface area (Å²) in [4.78, 5) is 26.3. The van der Waals surface area contributed by atoms with Crippen LogP contribution < -0.4 is 20.3 Å². The van der Waals surface area contributed by atoms with Crippen LogP contribution in [0.5, 0.6) is 5.75 Å². The number of hydrogen-bond acceptors (Lipinski definition) is 3. The highest BCUT2D eigenvalue weighted by Gasteiger charge is 2.31. The van der Waals surface area contributed by atoms with Crippen LogP contribution >= 0.6 is 0 Å². The Balaban J connectivity index is 1.63. The maximum atomic E-state index is 12.3. The Morgan fingerprint density at radius 3 is 2.77 bits per heavy atom. The molecule has 0 saturated carbocycles. The molecular weight excluding hydrogens is 330 g/mol. The first-order valence-electron chi connectivity index (χ1n) is 8.55. The number of anilines is 2. The maximum Gasteiger partial charge on any atom is 0.319 e. The predicted molar refractivity (Wildman–Crippen MR) is 102 cm³/mol. The average Bonchev–Trinajstić information content (AvgIpc) is 2.98. The van der Waals surface area contributed by atoms with E-state index in [1.807, 2.05) is 56.3 Å². The van der Waals surface area contributed by atoms with Crippen molar-refractivity contribution in [3.63, 3.8) is 0 Å². The van der Waals surface area contributed by atoms with Gasteiger partial charge in [-0.15, -0.1) is 0 Å². The van der Waals surface area contributed by atoms with Crippen molar-refractivity contribution in [1.29, 1.82) is 0 Å². The highest BCUT2D eigenvalue weighted by atomic mass is 16.5. The van der Waals surface area contributed by atoms with Gasteiger partial charge >= 0.3 is 6.03 Å².